The van der Waals surface area contributed by atoms with Crippen molar-refractivity contribution in [3.05, 3.63) is 59.7 Å². The molecule has 0 spiro atoms. The number of sulfonamides is 2. The molecule has 0 atom stereocenters. The number of carbonyl (C=O) groups is 1. The summed E-state index contributed by atoms with van der Waals surface area (Å²) in [5, 5.41) is 0. The van der Waals surface area contributed by atoms with Crippen molar-refractivity contribution in [2.75, 3.05) is 6.61 Å². The SMILES string of the molecule is CCCCOC(=O)C(NS(=O)(=O)c1ccc(C)cc1)NS(=O)(=O)c1ccc(C)cc1. The van der Waals surface area contributed by atoms with Crippen molar-refractivity contribution in [2.45, 2.75) is 49.6 Å². The van der Waals surface area contributed by atoms with E-state index in [1.165, 1.54) is 24.3 Å². The predicted molar refractivity (Wildman–Crippen MR) is 113 cm³/mol. The minimum absolute atomic E-state index is 0.0460. The van der Waals surface area contributed by atoms with Crippen molar-refractivity contribution >= 4 is 26.0 Å². The van der Waals surface area contributed by atoms with E-state index < -0.39 is 32.2 Å². The van der Waals surface area contributed by atoms with E-state index in [0.29, 0.717) is 6.42 Å². The van der Waals surface area contributed by atoms with Gasteiger partial charge in [-0.3, -0.25) is 0 Å². The number of carbonyl (C=O) groups excluding carboxylic acids is 1. The van der Waals surface area contributed by atoms with Crippen molar-refractivity contribution in [3.63, 3.8) is 0 Å². The highest BCUT2D eigenvalue weighted by Gasteiger charge is 2.31. The summed E-state index contributed by atoms with van der Waals surface area (Å²) in [6, 6.07) is 11.9. The van der Waals surface area contributed by atoms with E-state index >= 15 is 0 Å². The van der Waals surface area contributed by atoms with Gasteiger partial charge in [0, 0.05) is 0 Å². The molecule has 164 valence electrons. The Morgan fingerprint density at radius 3 is 1.60 bits per heavy atom. The number of nitrogens with one attached hydrogen (secondary N) is 2. The van der Waals surface area contributed by atoms with Crippen LogP contribution in [0.25, 0.3) is 0 Å². The van der Waals surface area contributed by atoms with Crippen LogP contribution in [0.1, 0.15) is 30.9 Å². The van der Waals surface area contributed by atoms with Gasteiger partial charge in [-0.1, -0.05) is 48.7 Å². The van der Waals surface area contributed by atoms with E-state index in [0.717, 1.165) is 17.5 Å². The van der Waals surface area contributed by atoms with Gasteiger partial charge in [0.15, 0.2) is 6.17 Å². The van der Waals surface area contributed by atoms with Crippen molar-refractivity contribution < 1.29 is 26.4 Å². The molecule has 0 unspecified atom stereocenters. The number of aryl methyl sites for hydroxylation is 2. The zero-order valence-corrected chi connectivity index (χ0v) is 18.7. The molecule has 8 nitrogen and oxygen atoms in total. The van der Waals surface area contributed by atoms with E-state index in [2.05, 4.69) is 9.44 Å². The lowest BCUT2D eigenvalue weighted by Crippen LogP contribution is -2.53. The van der Waals surface area contributed by atoms with Crippen molar-refractivity contribution in [3.8, 4) is 0 Å². The summed E-state index contributed by atoms with van der Waals surface area (Å²) >= 11 is 0. The Kier molecular flexibility index (Phi) is 8.13. The van der Waals surface area contributed by atoms with Crippen LogP contribution in [0.3, 0.4) is 0 Å². The molecule has 0 amide bonds. The Bertz CT molecular complexity index is 986. The zero-order chi connectivity index (χ0) is 22.4. The lowest BCUT2D eigenvalue weighted by atomic mass is 10.2. The standard InChI is InChI=1S/C20H26N2O6S2/c1-4-5-14-28-20(23)19(21-29(24,25)17-10-6-15(2)7-11-17)22-30(26,27)18-12-8-16(3)9-13-18/h6-13,19,21-22H,4-5,14H2,1-3H3. The molecule has 0 saturated heterocycles. The van der Waals surface area contributed by atoms with Crippen LogP contribution in [0.2, 0.25) is 0 Å². The summed E-state index contributed by atoms with van der Waals surface area (Å²) in [5.41, 5.74) is 1.70. The highest BCUT2D eigenvalue weighted by molar-refractivity contribution is 7.90. The summed E-state index contributed by atoms with van der Waals surface area (Å²) < 4.78 is 60.1. The summed E-state index contributed by atoms with van der Waals surface area (Å²) in [5.74, 6) is -1.03. The van der Waals surface area contributed by atoms with Crippen LogP contribution < -0.4 is 9.44 Å². The molecule has 2 N–H and O–H groups in total. The smallest absolute Gasteiger partial charge is 0.340 e. The average Bonchev–Trinajstić information content (AvgIpc) is 2.68. The minimum atomic E-state index is -4.19. The monoisotopic (exact) mass is 454 g/mol. The Labute approximate surface area is 177 Å². The number of hydrogen-bond donors (Lipinski definition) is 2. The Morgan fingerprint density at radius 2 is 1.23 bits per heavy atom. The molecule has 0 aliphatic carbocycles. The summed E-state index contributed by atoms with van der Waals surface area (Å²) in [7, 11) is -8.38. The third-order valence-electron chi connectivity index (χ3n) is 4.19. The first-order chi connectivity index (χ1) is 14.0. The molecule has 10 heteroatoms. The molecule has 30 heavy (non-hydrogen) atoms. The minimum Gasteiger partial charge on any atom is -0.463 e. The Balaban J connectivity index is 2.30. The number of esters is 1. The van der Waals surface area contributed by atoms with Gasteiger partial charge in [-0.15, -0.1) is 0 Å². The largest absolute Gasteiger partial charge is 0.463 e. The maximum absolute atomic E-state index is 12.7. The first-order valence-corrected chi connectivity index (χ1v) is 12.4. The maximum atomic E-state index is 12.7. The molecule has 0 fully saturated rings. The van der Waals surface area contributed by atoms with Crippen molar-refractivity contribution in [1.29, 1.82) is 0 Å². The first kappa shape index (κ1) is 24.0. The fraction of sp³-hybridized carbons (Fsp3) is 0.350. The molecule has 0 saturated carbocycles. The number of benzene rings is 2. The number of unbranched alkanes of at least 4 members (excludes halogenated alkanes) is 1. The van der Waals surface area contributed by atoms with Crippen molar-refractivity contribution in [2.24, 2.45) is 0 Å². The second kappa shape index (κ2) is 10.2. The topological polar surface area (TPSA) is 119 Å². The fourth-order valence-corrected chi connectivity index (χ4v) is 4.67. The van der Waals surface area contributed by atoms with Gasteiger partial charge in [0.25, 0.3) is 0 Å². The van der Waals surface area contributed by atoms with E-state index in [1.807, 2.05) is 6.92 Å². The van der Waals surface area contributed by atoms with Crippen LogP contribution in [-0.2, 0) is 29.6 Å². The Morgan fingerprint density at radius 1 is 0.833 bits per heavy atom. The zero-order valence-electron chi connectivity index (χ0n) is 17.1. The normalized spacial score (nSPS) is 12.1. The molecular weight excluding hydrogens is 428 g/mol. The number of hydrogen-bond acceptors (Lipinski definition) is 6. The molecule has 0 heterocycles. The van der Waals surface area contributed by atoms with Gasteiger partial charge in [0.2, 0.25) is 20.0 Å². The molecule has 0 aromatic heterocycles. The van der Waals surface area contributed by atoms with E-state index in [9.17, 15) is 21.6 Å². The van der Waals surface area contributed by atoms with Crippen LogP contribution in [0.4, 0.5) is 0 Å². The number of ether oxygens (including phenoxy) is 1. The molecule has 0 radical (unpaired) electrons. The lowest BCUT2D eigenvalue weighted by Gasteiger charge is -2.19. The Hall–Kier alpha value is -2.27. The van der Waals surface area contributed by atoms with Gasteiger partial charge in [-0.05, 0) is 44.5 Å². The van der Waals surface area contributed by atoms with Gasteiger partial charge in [0.1, 0.15) is 0 Å². The van der Waals surface area contributed by atoms with Crippen molar-refractivity contribution in [1.82, 2.24) is 9.44 Å². The van der Waals surface area contributed by atoms with Crippen LogP contribution >= 0.6 is 0 Å². The van der Waals surface area contributed by atoms with Crippen LogP contribution in [0.15, 0.2) is 58.3 Å². The molecular formula is C20H26N2O6S2. The van der Waals surface area contributed by atoms with Gasteiger partial charge in [0.05, 0.1) is 16.4 Å². The molecule has 0 aliphatic heterocycles. The van der Waals surface area contributed by atoms with Crippen LogP contribution in [-0.4, -0.2) is 35.6 Å². The summed E-state index contributed by atoms with van der Waals surface area (Å²) in [4.78, 5) is 12.3. The van der Waals surface area contributed by atoms with E-state index in [1.54, 1.807) is 38.1 Å². The molecule has 0 bridgehead atoms. The van der Waals surface area contributed by atoms with Gasteiger partial charge in [-0.25, -0.2) is 21.6 Å². The lowest BCUT2D eigenvalue weighted by molar-refractivity contribution is -0.146. The first-order valence-electron chi connectivity index (χ1n) is 9.40. The van der Waals surface area contributed by atoms with E-state index in [4.69, 9.17) is 4.74 Å². The predicted octanol–water partition coefficient (Wildman–Crippen LogP) is 2.23. The second-order valence-corrected chi connectivity index (χ2v) is 10.3. The van der Waals surface area contributed by atoms with Gasteiger partial charge in [-0.2, -0.15) is 9.44 Å². The fourth-order valence-electron chi connectivity index (χ4n) is 2.40. The molecule has 2 aromatic rings. The molecule has 2 aromatic carbocycles. The van der Waals surface area contributed by atoms with E-state index in [-0.39, 0.29) is 16.4 Å². The second-order valence-electron chi connectivity index (χ2n) is 6.82. The molecule has 0 aliphatic rings. The number of rotatable bonds is 10. The molecule has 2 rings (SSSR count). The third kappa shape index (κ3) is 6.63. The highest BCUT2D eigenvalue weighted by Crippen LogP contribution is 2.13. The highest BCUT2D eigenvalue weighted by atomic mass is 32.2. The average molecular weight is 455 g/mol. The van der Waals surface area contributed by atoms with Gasteiger partial charge < -0.3 is 4.74 Å². The summed E-state index contributed by atoms with van der Waals surface area (Å²) in [6.07, 6.45) is -0.504. The third-order valence-corrected chi connectivity index (χ3v) is 7.06. The van der Waals surface area contributed by atoms with Gasteiger partial charge >= 0.3 is 5.97 Å². The van der Waals surface area contributed by atoms with Crippen LogP contribution in [0.5, 0.6) is 0 Å². The quantitative estimate of drug-likeness (QED) is 0.323. The maximum Gasteiger partial charge on any atom is 0.340 e. The summed E-state index contributed by atoms with van der Waals surface area (Å²) in [6.45, 7) is 5.54. The van der Waals surface area contributed by atoms with Crippen LogP contribution in [0, 0.1) is 13.8 Å².